The number of nitrogens with two attached hydrogens (primary N) is 1. The second kappa shape index (κ2) is 4.46. The summed E-state index contributed by atoms with van der Waals surface area (Å²) in [4.78, 5) is 4.66. The lowest BCUT2D eigenvalue weighted by molar-refractivity contribution is 0.535. The molecule has 3 rings (SSSR count). The first-order chi connectivity index (χ1) is 8.97. The number of sulfonamides is 1. The van der Waals surface area contributed by atoms with Gasteiger partial charge in [0.05, 0.1) is 0 Å². The third-order valence-electron chi connectivity index (χ3n) is 3.51. The summed E-state index contributed by atoms with van der Waals surface area (Å²) in [5, 5.41) is 1.85. The van der Waals surface area contributed by atoms with E-state index in [1.807, 2.05) is 0 Å². The monoisotopic (exact) mass is 300 g/mol. The number of thiazole rings is 1. The number of hydrogen-bond donors (Lipinski definition) is 2. The average molecular weight is 300 g/mol. The van der Waals surface area contributed by atoms with Crippen LogP contribution in [0.5, 0.6) is 0 Å². The van der Waals surface area contributed by atoms with E-state index in [1.54, 1.807) is 11.6 Å². The predicted octanol–water partition coefficient (Wildman–Crippen LogP) is 1.44. The number of imidazole rings is 1. The number of nitrogens with zero attached hydrogens (tertiary/aromatic N) is 2. The lowest BCUT2D eigenvalue weighted by atomic mass is 10.1. The van der Waals surface area contributed by atoms with Crippen molar-refractivity contribution in [1.82, 2.24) is 14.1 Å². The molecule has 1 saturated carbocycles. The van der Waals surface area contributed by atoms with Crippen LogP contribution in [0.2, 0.25) is 0 Å². The topological polar surface area (TPSA) is 89.5 Å². The zero-order valence-corrected chi connectivity index (χ0v) is 12.2. The molecule has 19 heavy (non-hydrogen) atoms. The number of anilines is 1. The van der Waals surface area contributed by atoms with Crippen molar-refractivity contribution in [2.75, 3.05) is 5.73 Å². The van der Waals surface area contributed by atoms with Crippen molar-refractivity contribution in [3.8, 4) is 0 Å². The third-order valence-corrected chi connectivity index (χ3v) is 5.83. The van der Waals surface area contributed by atoms with Crippen molar-refractivity contribution in [3.05, 3.63) is 11.6 Å². The van der Waals surface area contributed by atoms with Gasteiger partial charge in [-0.1, -0.05) is 6.92 Å². The molecule has 0 aromatic carbocycles. The molecule has 2 heterocycles. The molecule has 8 heteroatoms. The quantitative estimate of drug-likeness (QED) is 0.897. The van der Waals surface area contributed by atoms with Gasteiger partial charge in [0.2, 0.25) is 0 Å². The van der Waals surface area contributed by atoms with Crippen LogP contribution in [0.4, 0.5) is 5.82 Å². The SMILES string of the molecule is CC1CCC(NS(=O)(=O)c2c(N)nc3sccn23)C1. The standard InChI is InChI=1S/C11H16N4O2S2/c1-7-2-3-8(6-7)14-19(16,17)10-9(12)13-11-15(10)4-5-18-11/h4-5,7-8,14H,2-3,6,12H2,1H3. The van der Waals surface area contributed by atoms with Gasteiger partial charge in [-0.15, -0.1) is 11.3 Å². The van der Waals surface area contributed by atoms with Gasteiger partial charge >= 0.3 is 0 Å². The average Bonchev–Trinajstić information content (AvgIpc) is 2.93. The first-order valence-corrected chi connectivity index (χ1v) is 8.57. The molecule has 2 aromatic heterocycles. The summed E-state index contributed by atoms with van der Waals surface area (Å²) in [6, 6.07) is 0.00332. The first-order valence-electron chi connectivity index (χ1n) is 6.21. The molecule has 0 bridgehead atoms. The zero-order valence-electron chi connectivity index (χ0n) is 10.5. The van der Waals surface area contributed by atoms with Gasteiger partial charge in [-0.3, -0.25) is 4.40 Å². The Hall–Kier alpha value is -1.12. The van der Waals surface area contributed by atoms with E-state index >= 15 is 0 Å². The number of fused-ring (bicyclic) bond motifs is 1. The fourth-order valence-corrected chi connectivity index (χ4v) is 4.91. The van der Waals surface area contributed by atoms with Gasteiger partial charge < -0.3 is 5.73 Å². The van der Waals surface area contributed by atoms with E-state index in [9.17, 15) is 8.42 Å². The first kappa shape index (κ1) is 12.9. The van der Waals surface area contributed by atoms with E-state index < -0.39 is 10.0 Å². The van der Waals surface area contributed by atoms with E-state index in [2.05, 4.69) is 16.6 Å². The summed E-state index contributed by atoms with van der Waals surface area (Å²) in [6.07, 6.45) is 4.49. The summed E-state index contributed by atoms with van der Waals surface area (Å²) in [6.45, 7) is 2.14. The van der Waals surface area contributed by atoms with Crippen LogP contribution in [0.3, 0.4) is 0 Å². The summed E-state index contributed by atoms with van der Waals surface area (Å²) in [7, 11) is -3.62. The Morgan fingerprint density at radius 3 is 3.00 bits per heavy atom. The fourth-order valence-electron chi connectivity index (χ4n) is 2.64. The molecule has 2 aromatic rings. The van der Waals surface area contributed by atoms with E-state index in [-0.39, 0.29) is 16.9 Å². The van der Waals surface area contributed by atoms with Crippen molar-refractivity contribution in [2.45, 2.75) is 37.3 Å². The fraction of sp³-hybridized carbons (Fsp3) is 0.545. The van der Waals surface area contributed by atoms with Gasteiger partial charge in [0.1, 0.15) is 0 Å². The van der Waals surface area contributed by atoms with Crippen molar-refractivity contribution < 1.29 is 8.42 Å². The van der Waals surface area contributed by atoms with Crippen LogP contribution in [0, 0.1) is 5.92 Å². The number of aromatic nitrogens is 2. The van der Waals surface area contributed by atoms with Crippen molar-refractivity contribution >= 4 is 32.1 Å². The molecule has 0 saturated heterocycles. The van der Waals surface area contributed by atoms with Crippen LogP contribution in [-0.2, 0) is 10.0 Å². The number of nitrogen functional groups attached to an aromatic ring is 1. The van der Waals surface area contributed by atoms with Crippen LogP contribution in [0.1, 0.15) is 26.2 Å². The smallest absolute Gasteiger partial charge is 0.260 e. The molecule has 1 aliphatic carbocycles. The highest BCUT2D eigenvalue weighted by atomic mass is 32.2. The molecule has 0 aliphatic heterocycles. The Bertz CT molecular complexity index is 703. The van der Waals surface area contributed by atoms with E-state index in [4.69, 9.17) is 5.73 Å². The minimum absolute atomic E-state index is 0.00332. The van der Waals surface area contributed by atoms with Gasteiger partial charge in [0.25, 0.3) is 10.0 Å². The second-order valence-electron chi connectivity index (χ2n) is 5.09. The molecule has 3 N–H and O–H groups in total. The Labute approximate surface area is 115 Å². The number of rotatable bonds is 3. The van der Waals surface area contributed by atoms with E-state index in [1.165, 1.54) is 15.7 Å². The molecule has 2 atom stereocenters. The highest BCUT2D eigenvalue weighted by Gasteiger charge is 2.30. The highest BCUT2D eigenvalue weighted by Crippen LogP contribution is 2.28. The van der Waals surface area contributed by atoms with Crippen LogP contribution >= 0.6 is 11.3 Å². The Morgan fingerprint density at radius 1 is 1.53 bits per heavy atom. The van der Waals surface area contributed by atoms with Gasteiger partial charge in [-0.05, 0) is 25.2 Å². The van der Waals surface area contributed by atoms with E-state index in [0.717, 1.165) is 19.3 Å². The summed E-state index contributed by atoms with van der Waals surface area (Å²) >= 11 is 1.36. The second-order valence-corrected chi connectivity index (χ2v) is 7.60. The maximum Gasteiger partial charge on any atom is 0.260 e. The Balaban J connectivity index is 1.95. The maximum atomic E-state index is 12.4. The Kier molecular flexibility index (Phi) is 3.03. The predicted molar refractivity (Wildman–Crippen MR) is 74.6 cm³/mol. The largest absolute Gasteiger partial charge is 0.381 e. The molecule has 0 radical (unpaired) electrons. The molecular formula is C11H16N4O2S2. The van der Waals surface area contributed by atoms with Gasteiger partial charge in [-0.2, -0.15) is 0 Å². The molecule has 0 spiro atoms. The highest BCUT2D eigenvalue weighted by molar-refractivity contribution is 7.89. The van der Waals surface area contributed by atoms with Gasteiger partial charge in [0, 0.05) is 17.6 Å². The zero-order chi connectivity index (χ0) is 13.6. The van der Waals surface area contributed by atoms with Crippen LogP contribution in [0.15, 0.2) is 16.6 Å². The third kappa shape index (κ3) is 2.24. The molecule has 104 valence electrons. The molecule has 6 nitrogen and oxygen atoms in total. The van der Waals surface area contributed by atoms with Crippen molar-refractivity contribution in [1.29, 1.82) is 0 Å². The molecular weight excluding hydrogens is 284 g/mol. The number of nitrogens with one attached hydrogen (secondary N) is 1. The minimum Gasteiger partial charge on any atom is -0.381 e. The van der Waals surface area contributed by atoms with Crippen LogP contribution in [0.25, 0.3) is 4.96 Å². The maximum absolute atomic E-state index is 12.4. The molecule has 1 fully saturated rings. The molecule has 2 unspecified atom stereocenters. The van der Waals surface area contributed by atoms with Crippen LogP contribution < -0.4 is 10.5 Å². The van der Waals surface area contributed by atoms with Crippen molar-refractivity contribution in [2.24, 2.45) is 5.92 Å². The lowest BCUT2D eigenvalue weighted by Gasteiger charge is -2.12. The summed E-state index contributed by atoms with van der Waals surface area (Å²) < 4.78 is 29.2. The summed E-state index contributed by atoms with van der Waals surface area (Å²) in [5.74, 6) is 0.627. The van der Waals surface area contributed by atoms with Gasteiger partial charge in [-0.25, -0.2) is 18.1 Å². The van der Waals surface area contributed by atoms with Crippen molar-refractivity contribution in [3.63, 3.8) is 0 Å². The van der Waals surface area contributed by atoms with E-state index in [0.29, 0.717) is 10.9 Å². The normalized spacial score (nSPS) is 24.3. The lowest BCUT2D eigenvalue weighted by Crippen LogP contribution is -2.34. The van der Waals surface area contributed by atoms with Gasteiger partial charge in [0.15, 0.2) is 15.8 Å². The van der Waals surface area contributed by atoms with Crippen LogP contribution in [-0.4, -0.2) is 23.8 Å². The molecule has 0 amide bonds. The number of hydrogen-bond acceptors (Lipinski definition) is 5. The molecule has 1 aliphatic rings. The summed E-state index contributed by atoms with van der Waals surface area (Å²) in [5.41, 5.74) is 5.74. The minimum atomic E-state index is -3.62. The Morgan fingerprint density at radius 2 is 2.32 bits per heavy atom.